The summed E-state index contributed by atoms with van der Waals surface area (Å²) in [6.45, 7) is 0. The number of nitro benzene ring substituents is 1. The summed E-state index contributed by atoms with van der Waals surface area (Å²) in [6, 6.07) is 21.8. The zero-order chi connectivity index (χ0) is 20.7. The van der Waals surface area contributed by atoms with Crippen molar-refractivity contribution >= 4 is 51.5 Å². The Bertz CT molecular complexity index is 1360. The highest BCUT2D eigenvalue weighted by molar-refractivity contribution is 8.10. The van der Waals surface area contributed by atoms with Crippen LogP contribution in [-0.2, 0) is 4.84 Å². The molecule has 0 N–H and O–H groups in total. The summed E-state index contributed by atoms with van der Waals surface area (Å²) in [4.78, 5) is 17.5. The fraction of sp³-hybridized carbons (Fsp3) is 0. The summed E-state index contributed by atoms with van der Waals surface area (Å²) in [7, 11) is 0. The molecule has 0 bridgehead atoms. The third-order valence-electron chi connectivity index (χ3n) is 4.89. The third-order valence-corrected chi connectivity index (χ3v) is 6.14. The second-order valence-electron chi connectivity index (χ2n) is 6.70. The lowest BCUT2D eigenvalue weighted by molar-refractivity contribution is -0.384. The SMILES string of the molecule is O=[N+]([O-])c1ccc(C2=C3SC=c4ccccc4=C3ON=C2c2ccc(Cl)cc2)cc1. The highest BCUT2D eigenvalue weighted by atomic mass is 35.5. The van der Waals surface area contributed by atoms with Crippen molar-refractivity contribution in [1.29, 1.82) is 0 Å². The number of oxime groups is 1. The van der Waals surface area contributed by atoms with E-state index in [-0.39, 0.29) is 5.69 Å². The van der Waals surface area contributed by atoms with Gasteiger partial charge >= 0.3 is 0 Å². The Morgan fingerprint density at radius 3 is 2.37 bits per heavy atom. The number of non-ortho nitro benzene ring substituents is 1. The van der Waals surface area contributed by atoms with Crippen LogP contribution in [0.15, 0.2) is 82.9 Å². The maximum atomic E-state index is 11.1. The second-order valence-corrected chi connectivity index (χ2v) is 8.01. The van der Waals surface area contributed by atoms with Gasteiger partial charge in [-0.2, -0.15) is 0 Å². The number of rotatable bonds is 3. The first-order valence-electron chi connectivity index (χ1n) is 9.09. The second kappa shape index (κ2) is 7.48. The van der Waals surface area contributed by atoms with Crippen molar-refractivity contribution in [3.05, 3.63) is 114 Å². The van der Waals surface area contributed by atoms with Crippen molar-refractivity contribution < 1.29 is 9.76 Å². The minimum absolute atomic E-state index is 0.0406. The van der Waals surface area contributed by atoms with E-state index < -0.39 is 4.92 Å². The number of hydrogen-bond donors (Lipinski definition) is 0. The number of nitrogens with zero attached hydrogens (tertiary/aromatic N) is 2. The number of allylic oxidation sites excluding steroid dienone is 1. The minimum atomic E-state index is -0.406. The number of thioether (sulfide) groups is 1. The smallest absolute Gasteiger partial charge is 0.269 e. The Kier molecular flexibility index (Phi) is 4.65. The van der Waals surface area contributed by atoms with Gasteiger partial charge in [0.05, 0.1) is 9.83 Å². The van der Waals surface area contributed by atoms with Crippen molar-refractivity contribution in [2.24, 2.45) is 5.16 Å². The summed E-state index contributed by atoms with van der Waals surface area (Å²) in [5, 5.41) is 20.3. The number of hydrogen-bond acceptors (Lipinski definition) is 5. The Balaban J connectivity index is 1.75. The van der Waals surface area contributed by atoms with Gasteiger partial charge in [0, 0.05) is 33.5 Å². The molecule has 0 radical (unpaired) electrons. The lowest BCUT2D eigenvalue weighted by Gasteiger charge is -2.23. The molecule has 5 nitrogen and oxygen atoms in total. The van der Waals surface area contributed by atoms with E-state index in [0.29, 0.717) is 16.5 Å². The normalized spacial score (nSPS) is 14.8. The van der Waals surface area contributed by atoms with Crippen LogP contribution < -0.4 is 10.4 Å². The molecule has 146 valence electrons. The summed E-state index contributed by atoms with van der Waals surface area (Å²) in [5.41, 5.74) is 3.23. The van der Waals surface area contributed by atoms with Crippen LogP contribution in [0.3, 0.4) is 0 Å². The van der Waals surface area contributed by atoms with Crippen LogP contribution in [0, 0.1) is 10.1 Å². The van der Waals surface area contributed by atoms with Crippen LogP contribution in [0.25, 0.3) is 16.7 Å². The Hall–Kier alpha value is -3.35. The lowest BCUT2D eigenvalue weighted by Crippen LogP contribution is -2.31. The summed E-state index contributed by atoms with van der Waals surface area (Å²) in [5.74, 6) is 0.684. The molecule has 0 spiro atoms. The van der Waals surface area contributed by atoms with Crippen molar-refractivity contribution in [2.75, 3.05) is 0 Å². The highest BCUT2D eigenvalue weighted by Gasteiger charge is 2.28. The number of halogens is 1. The molecule has 5 rings (SSSR count). The molecule has 0 aliphatic carbocycles. The summed E-state index contributed by atoms with van der Waals surface area (Å²) >= 11 is 7.61. The molecule has 0 fully saturated rings. The van der Waals surface area contributed by atoms with Gasteiger partial charge in [-0.05, 0) is 40.5 Å². The van der Waals surface area contributed by atoms with Gasteiger partial charge < -0.3 is 4.84 Å². The van der Waals surface area contributed by atoms with E-state index in [9.17, 15) is 10.1 Å². The lowest BCUT2D eigenvalue weighted by atomic mass is 9.94. The molecule has 2 aliphatic rings. The standard InChI is InChI=1S/C23H13ClN2O3S/c24-17-9-5-15(6-10-17)21-20(14-7-11-18(12-8-14)26(27)28)23-22(29-25-21)19-4-2-1-3-16(19)13-30-23/h1-13H. The number of benzene rings is 3. The summed E-state index contributed by atoms with van der Waals surface area (Å²) in [6.07, 6.45) is 0. The van der Waals surface area contributed by atoms with Crippen molar-refractivity contribution in [3.63, 3.8) is 0 Å². The zero-order valence-electron chi connectivity index (χ0n) is 15.4. The highest BCUT2D eigenvalue weighted by Crippen LogP contribution is 2.41. The maximum Gasteiger partial charge on any atom is 0.269 e. The van der Waals surface area contributed by atoms with E-state index in [1.165, 1.54) is 12.1 Å². The van der Waals surface area contributed by atoms with Gasteiger partial charge in [0.1, 0.15) is 5.71 Å². The molecule has 3 aromatic rings. The Morgan fingerprint density at radius 2 is 1.63 bits per heavy atom. The van der Waals surface area contributed by atoms with Crippen molar-refractivity contribution in [1.82, 2.24) is 0 Å². The van der Waals surface area contributed by atoms with E-state index in [1.54, 1.807) is 36.0 Å². The van der Waals surface area contributed by atoms with Crippen LogP contribution in [0.4, 0.5) is 5.69 Å². The number of nitro groups is 1. The van der Waals surface area contributed by atoms with Crippen molar-refractivity contribution in [2.45, 2.75) is 0 Å². The van der Waals surface area contributed by atoms with Crippen LogP contribution in [0.5, 0.6) is 0 Å². The molecule has 2 heterocycles. The van der Waals surface area contributed by atoms with E-state index in [4.69, 9.17) is 16.4 Å². The quantitative estimate of drug-likeness (QED) is 0.445. The average molecular weight is 433 g/mol. The van der Waals surface area contributed by atoms with Gasteiger partial charge in [0.15, 0.2) is 5.76 Å². The maximum absolute atomic E-state index is 11.1. The van der Waals surface area contributed by atoms with E-state index in [2.05, 4.69) is 10.6 Å². The van der Waals surface area contributed by atoms with Gasteiger partial charge in [-0.3, -0.25) is 10.1 Å². The van der Waals surface area contributed by atoms with Crippen molar-refractivity contribution in [3.8, 4) is 0 Å². The largest absolute Gasteiger partial charge is 0.354 e. The first-order valence-corrected chi connectivity index (χ1v) is 10.3. The monoisotopic (exact) mass is 432 g/mol. The molecule has 0 aromatic heterocycles. The first-order chi connectivity index (χ1) is 14.6. The first kappa shape index (κ1) is 18.7. The molecule has 0 saturated carbocycles. The van der Waals surface area contributed by atoms with Gasteiger partial charge in [-0.15, -0.1) is 0 Å². The molecule has 7 heteroatoms. The van der Waals surface area contributed by atoms with Crippen LogP contribution in [0.2, 0.25) is 5.02 Å². The van der Waals surface area contributed by atoms with Gasteiger partial charge in [-0.25, -0.2) is 0 Å². The third kappa shape index (κ3) is 3.20. The molecule has 2 aliphatic heterocycles. The fourth-order valence-electron chi connectivity index (χ4n) is 3.43. The fourth-order valence-corrected chi connectivity index (χ4v) is 4.60. The molecular formula is C23H13ClN2O3S. The average Bonchev–Trinajstić information content (AvgIpc) is 2.79. The Labute approximate surface area is 180 Å². The molecule has 30 heavy (non-hydrogen) atoms. The predicted molar refractivity (Wildman–Crippen MR) is 120 cm³/mol. The molecular weight excluding hydrogens is 420 g/mol. The van der Waals surface area contributed by atoms with E-state index >= 15 is 0 Å². The van der Waals surface area contributed by atoms with Gasteiger partial charge in [0.25, 0.3) is 5.69 Å². The summed E-state index contributed by atoms with van der Waals surface area (Å²) < 4.78 is 0. The zero-order valence-corrected chi connectivity index (χ0v) is 17.0. The molecule has 0 saturated heterocycles. The Morgan fingerprint density at radius 1 is 0.933 bits per heavy atom. The minimum Gasteiger partial charge on any atom is -0.354 e. The number of fused-ring (bicyclic) bond motifs is 2. The van der Waals surface area contributed by atoms with Gasteiger partial charge in [-0.1, -0.05) is 64.9 Å². The van der Waals surface area contributed by atoms with Gasteiger partial charge in [0.2, 0.25) is 0 Å². The molecule has 0 atom stereocenters. The molecule has 0 unspecified atom stereocenters. The topological polar surface area (TPSA) is 64.7 Å². The van der Waals surface area contributed by atoms with Crippen LogP contribution >= 0.6 is 23.4 Å². The predicted octanol–water partition coefficient (Wildman–Crippen LogP) is 4.69. The van der Waals surface area contributed by atoms with Crippen LogP contribution in [-0.4, -0.2) is 10.6 Å². The van der Waals surface area contributed by atoms with Crippen LogP contribution in [0.1, 0.15) is 11.1 Å². The molecule has 3 aromatic carbocycles. The van der Waals surface area contributed by atoms with E-state index in [0.717, 1.165) is 32.0 Å². The van der Waals surface area contributed by atoms with E-state index in [1.807, 2.05) is 36.4 Å². The molecule has 0 amide bonds.